The van der Waals surface area contributed by atoms with Gasteiger partial charge >= 0.3 is 5.97 Å². The van der Waals surface area contributed by atoms with Crippen LogP contribution in [0.1, 0.15) is 54.4 Å². The molecule has 0 unspecified atom stereocenters. The molecule has 4 saturated carbocycles. The third-order valence-electron chi connectivity index (χ3n) is 7.25. The van der Waals surface area contributed by atoms with Gasteiger partial charge in [-0.15, -0.1) is 0 Å². The zero-order valence-electron chi connectivity index (χ0n) is 16.9. The van der Waals surface area contributed by atoms with Crippen LogP contribution in [0, 0.1) is 17.8 Å². The van der Waals surface area contributed by atoms with Crippen molar-refractivity contribution in [3.05, 3.63) is 64.7 Å². The number of carbonyl (C=O) groups excluding carboxylic acids is 2. The van der Waals surface area contributed by atoms with Gasteiger partial charge in [0.2, 0.25) is 0 Å². The lowest BCUT2D eigenvalue weighted by molar-refractivity contribution is -0.119. The first-order valence-corrected chi connectivity index (χ1v) is 11.2. The van der Waals surface area contributed by atoms with Crippen LogP contribution in [0.15, 0.2) is 48.5 Å². The lowest BCUT2D eigenvalue weighted by atomic mass is 9.48. The summed E-state index contributed by atoms with van der Waals surface area (Å²) in [6.45, 7) is -0.346. The van der Waals surface area contributed by atoms with Crippen molar-refractivity contribution in [2.45, 2.75) is 43.9 Å². The number of ether oxygens (including phenoxy) is 1. The Labute approximate surface area is 182 Å². The summed E-state index contributed by atoms with van der Waals surface area (Å²) < 4.78 is 5.10. The van der Waals surface area contributed by atoms with Crippen LogP contribution >= 0.6 is 11.6 Å². The standard InChI is InChI=1S/C25H26ClNO3/c26-22-4-2-1-3-21(22)24(29)30-15-23(28)27-20-7-5-19(6-8-20)25-12-16-9-17(13-25)11-18(10-16)14-25/h1-8,16-18H,9-15H2,(H,27,28). The molecule has 1 amide bonds. The second-order valence-electron chi connectivity index (χ2n) is 9.38. The number of benzene rings is 2. The number of rotatable bonds is 5. The molecule has 0 heterocycles. The second kappa shape index (κ2) is 7.73. The van der Waals surface area contributed by atoms with Crippen LogP contribution in [0.25, 0.3) is 0 Å². The molecule has 156 valence electrons. The average Bonchev–Trinajstić information content (AvgIpc) is 2.72. The Morgan fingerprint density at radius 1 is 0.933 bits per heavy atom. The van der Waals surface area contributed by atoms with E-state index in [0.29, 0.717) is 10.4 Å². The second-order valence-corrected chi connectivity index (χ2v) is 9.79. The lowest BCUT2D eigenvalue weighted by Crippen LogP contribution is -2.48. The zero-order valence-corrected chi connectivity index (χ0v) is 17.7. The van der Waals surface area contributed by atoms with E-state index in [1.165, 1.54) is 44.1 Å². The van der Waals surface area contributed by atoms with E-state index in [9.17, 15) is 9.59 Å². The monoisotopic (exact) mass is 423 g/mol. The molecule has 5 heteroatoms. The quantitative estimate of drug-likeness (QED) is 0.636. The van der Waals surface area contributed by atoms with Crippen LogP contribution in [0.2, 0.25) is 5.02 Å². The van der Waals surface area contributed by atoms with Gasteiger partial charge in [0, 0.05) is 5.69 Å². The van der Waals surface area contributed by atoms with Gasteiger partial charge in [0.05, 0.1) is 10.6 Å². The molecular formula is C25H26ClNO3. The van der Waals surface area contributed by atoms with E-state index in [0.717, 1.165) is 23.4 Å². The summed E-state index contributed by atoms with van der Waals surface area (Å²) in [6, 6.07) is 14.9. The van der Waals surface area contributed by atoms with Crippen LogP contribution in [-0.2, 0) is 14.9 Å². The molecule has 0 spiro atoms. The highest BCUT2D eigenvalue weighted by molar-refractivity contribution is 6.33. The van der Waals surface area contributed by atoms with Crippen LogP contribution in [0.5, 0.6) is 0 Å². The molecule has 0 radical (unpaired) electrons. The van der Waals surface area contributed by atoms with Gasteiger partial charge in [0.1, 0.15) is 0 Å². The molecule has 2 aromatic rings. The van der Waals surface area contributed by atoms with E-state index in [2.05, 4.69) is 17.4 Å². The van der Waals surface area contributed by atoms with Crippen LogP contribution in [-0.4, -0.2) is 18.5 Å². The maximum atomic E-state index is 12.2. The molecule has 4 bridgehead atoms. The van der Waals surface area contributed by atoms with Crippen molar-refractivity contribution >= 4 is 29.2 Å². The third kappa shape index (κ3) is 3.74. The first kappa shape index (κ1) is 19.6. The largest absolute Gasteiger partial charge is 0.452 e. The highest BCUT2D eigenvalue weighted by Gasteiger charge is 2.51. The molecule has 4 nitrogen and oxygen atoms in total. The number of halogens is 1. The molecule has 4 aliphatic rings. The first-order valence-electron chi connectivity index (χ1n) is 10.8. The highest BCUT2D eigenvalue weighted by atomic mass is 35.5. The van der Waals surface area contributed by atoms with Crippen molar-refractivity contribution in [1.29, 1.82) is 0 Å². The Hall–Kier alpha value is -2.33. The molecule has 4 aliphatic carbocycles. The minimum atomic E-state index is -0.604. The highest BCUT2D eigenvalue weighted by Crippen LogP contribution is 2.60. The zero-order chi connectivity index (χ0) is 20.7. The predicted molar refractivity (Wildman–Crippen MR) is 117 cm³/mol. The minimum absolute atomic E-state index is 0.256. The maximum absolute atomic E-state index is 12.2. The first-order chi connectivity index (χ1) is 14.5. The van der Waals surface area contributed by atoms with Gasteiger partial charge in [0.25, 0.3) is 5.91 Å². The van der Waals surface area contributed by atoms with Crippen LogP contribution in [0.4, 0.5) is 5.69 Å². The Morgan fingerprint density at radius 2 is 1.53 bits per heavy atom. The number of amides is 1. The molecule has 0 aliphatic heterocycles. The van der Waals surface area contributed by atoms with Gasteiger partial charge in [-0.05, 0) is 91.5 Å². The number of carbonyl (C=O) groups is 2. The summed E-state index contributed by atoms with van der Waals surface area (Å²) in [4.78, 5) is 24.3. The van der Waals surface area contributed by atoms with Crippen molar-refractivity contribution in [3.63, 3.8) is 0 Å². The van der Waals surface area contributed by atoms with Crippen molar-refractivity contribution in [2.24, 2.45) is 17.8 Å². The van der Waals surface area contributed by atoms with Crippen molar-refractivity contribution < 1.29 is 14.3 Å². The smallest absolute Gasteiger partial charge is 0.340 e. The van der Waals surface area contributed by atoms with Gasteiger partial charge < -0.3 is 10.1 Å². The average molecular weight is 424 g/mol. The van der Waals surface area contributed by atoms with Gasteiger partial charge in [-0.2, -0.15) is 0 Å². The van der Waals surface area contributed by atoms with Gasteiger partial charge in [-0.25, -0.2) is 4.79 Å². The normalized spacial score (nSPS) is 28.9. The number of hydrogen-bond donors (Lipinski definition) is 1. The Morgan fingerprint density at radius 3 is 2.13 bits per heavy atom. The molecular weight excluding hydrogens is 398 g/mol. The van der Waals surface area contributed by atoms with Crippen LogP contribution in [0.3, 0.4) is 0 Å². The molecule has 6 rings (SSSR count). The number of esters is 1. The van der Waals surface area contributed by atoms with E-state index < -0.39 is 5.97 Å². The van der Waals surface area contributed by atoms with Crippen molar-refractivity contribution in [1.82, 2.24) is 0 Å². The number of hydrogen-bond acceptors (Lipinski definition) is 3. The van der Waals surface area contributed by atoms with Crippen molar-refractivity contribution in [3.8, 4) is 0 Å². The summed E-state index contributed by atoms with van der Waals surface area (Å²) in [5.74, 6) is 1.75. The van der Waals surface area contributed by atoms with E-state index >= 15 is 0 Å². The van der Waals surface area contributed by atoms with Crippen LogP contribution < -0.4 is 5.32 Å². The number of anilines is 1. The lowest BCUT2D eigenvalue weighted by Gasteiger charge is -2.57. The summed E-state index contributed by atoms with van der Waals surface area (Å²) in [5.41, 5.74) is 2.75. The van der Waals surface area contributed by atoms with Gasteiger partial charge in [-0.3, -0.25) is 4.79 Å². The summed E-state index contributed by atoms with van der Waals surface area (Å²) in [6.07, 6.45) is 8.26. The fourth-order valence-electron chi connectivity index (χ4n) is 6.40. The molecule has 1 N–H and O–H groups in total. The molecule has 0 atom stereocenters. The molecule has 4 fully saturated rings. The number of nitrogens with one attached hydrogen (secondary N) is 1. The summed E-state index contributed by atoms with van der Waals surface area (Å²) in [5, 5.41) is 3.12. The fraction of sp³-hybridized carbons (Fsp3) is 0.440. The Kier molecular flexibility index (Phi) is 5.06. The maximum Gasteiger partial charge on any atom is 0.340 e. The summed E-state index contributed by atoms with van der Waals surface area (Å²) in [7, 11) is 0. The molecule has 0 aromatic heterocycles. The predicted octanol–water partition coefficient (Wildman–Crippen LogP) is 5.60. The summed E-state index contributed by atoms with van der Waals surface area (Å²) >= 11 is 5.99. The molecule has 30 heavy (non-hydrogen) atoms. The van der Waals surface area contributed by atoms with Gasteiger partial charge in [0.15, 0.2) is 6.61 Å². The SMILES string of the molecule is O=C(COC(=O)c1ccccc1Cl)Nc1ccc(C23CC4CC(CC(C4)C2)C3)cc1. The third-order valence-corrected chi connectivity index (χ3v) is 7.58. The van der Waals surface area contributed by atoms with E-state index in [-0.39, 0.29) is 18.1 Å². The minimum Gasteiger partial charge on any atom is -0.452 e. The van der Waals surface area contributed by atoms with E-state index in [1.807, 2.05) is 12.1 Å². The van der Waals surface area contributed by atoms with E-state index in [1.54, 1.807) is 24.3 Å². The topological polar surface area (TPSA) is 55.4 Å². The Balaban J connectivity index is 1.19. The molecule has 2 aromatic carbocycles. The van der Waals surface area contributed by atoms with Crippen molar-refractivity contribution in [2.75, 3.05) is 11.9 Å². The van der Waals surface area contributed by atoms with E-state index in [4.69, 9.17) is 16.3 Å². The fourth-order valence-corrected chi connectivity index (χ4v) is 6.62. The van der Waals surface area contributed by atoms with Gasteiger partial charge in [-0.1, -0.05) is 35.9 Å². The Bertz CT molecular complexity index is 933. The molecule has 0 saturated heterocycles.